The van der Waals surface area contributed by atoms with Crippen LogP contribution in [0.5, 0.6) is 0 Å². The Bertz CT molecular complexity index is 1070. The number of carbonyl (C=O) groups is 2. The van der Waals surface area contributed by atoms with Crippen LogP contribution in [0.4, 0.5) is 11.4 Å². The molecule has 4 rings (SSSR count). The number of anilines is 2. The van der Waals surface area contributed by atoms with Crippen LogP contribution in [0.15, 0.2) is 78.9 Å². The number of carbonyl (C=O) groups excluding carboxylic acids is 2. The van der Waals surface area contributed by atoms with E-state index in [9.17, 15) is 9.59 Å². The van der Waals surface area contributed by atoms with Gasteiger partial charge in [-0.05, 0) is 35.9 Å². The monoisotopic (exact) mass is 369 g/mol. The van der Waals surface area contributed by atoms with Crippen LogP contribution in [0.1, 0.15) is 21.5 Å². The Hall–Kier alpha value is -3.86. The molecular formula is C23H19N3O2. The fraction of sp³-hybridized carbons (Fsp3) is 0.0435. The minimum Gasteiger partial charge on any atom is -0.355 e. The first kappa shape index (κ1) is 17.5. The lowest BCUT2D eigenvalue weighted by Gasteiger charge is -2.15. The van der Waals surface area contributed by atoms with Crippen LogP contribution in [-0.2, 0) is 4.79 Å². The topological polar surface area (TPSA) is 70.2 Å². The van der Waals surface area contributed by atoms with Crippen molar-refractivity contribution in [2.75, 3.05) is 17.7 Å². The summed E-state index contributed by atoms with van der Waals surface area (Å²) < 4.78 is 0. The average Bonchev–Trinajstić information content (AvgIpc) is 3.08. The standard InChI is InChI=1S/C23H19N3O2/c1-24-22(27)16-11-13-17(14-12-16)25-21(15-7-3-2-4-8-15)20-18-9-5-6-10-19(18)26-23(20)28/h2-14,25H,1H3,(H,24,27)(H,26,28). The SMILES string of the molecule is CNC(=O)c1ccc(NC(=C2C(=O)Nc3ccccc32)c2ccccc2)cc1. The van der Waals surface area contributed by atoms with Gasteiger partial charge in [-0.15, -0.1) is 0 Å². The van der Waals surface area contributed by atoms with E-state index in [2.05, 4.69) is 16.0 Å². The zero-order valence-electron chi connectivity index (χ0n) is 15.3. The van der Waals surface area contributed by atoms with Crippen LogP contribution in [0.2, 0.25) is 0 Å². The Kier molecular flexibility index (Phi) is 4.64. The van der Waals surface area contributed by atoms with Gasteiger partial charge in [-0.3, -0.25) is 9.59 Å². The lowest BCUT2D eigenvalue weighted by atomic mass is 10.00. The lowest BCUT2D eigenvalue weighted by Crippen LogP contribution is -2.17. The maximum absolute atomic E-state index is 12.8. The van der Waals surface area contributed by atoms with Gasteiger partial charge in [0.2, 0.25) is 0 Å². The third-order valence-electron chi connectivity index (χ3n) is 4.63. The summed E-state index contributed by atoms with van der Waals surface area (Å²) in [5.41, 5.74) is 5.24. The minimum atomic E-state index is -0.144. The van der Waals surface area contributed by atoms with Crippen LogP contribution in [0.3, 0.4) is 0 Å². The van der Waals surface area contributed by atoms with Crippen LogP contribution in [0.25, 0.3) is 11.3 Å². The number of hydrogen-bond acceptors (Lipinski definition) is 3. The van der Waals surface area contributed by atoms with Gasteiger partial charge in [-0.1, -0.05) is 48.5 Å². The summed E-state index contributed by atoms with van der Waals surface area (Å²) in [6.45, 7) is 0. The van der Waals surface area contributed by atoms with Gasteiger partial charge in [0.05, 0.1) is 11.3 Å². The number of nitrogens with one attached hydrogen (secondary N) is 3. The predicted octanol–water partition coefficient (Wildman–Crippen LogP) is 3.98. The number of para-hydroxylation sites is 1. The van der Waals surface area contributed by atoms with Crippen molar-refractivity contribution in [1.29, 1.82) is 0 Å². The Balaban J connectivity index is 1.80. The molecule has 0 fully saturated rings. The molecule has 5 heteroatoms. The van der Waals surface area contributed by atoms with Crippen molar-refractivity contribution >= 4 is 34.5 Å². The molecule has 3 aromatic rings. The summed E-state index contributed by atoms with van der Waals surface area (Å²) in [4.78, 5) is 24.5. The molecule has 0 atom stereocenters. The summed E-state index contributed by atoms with van der Waals surface area (Å²) >= 11 is 0. The maximum atomic E-state index is 12.8. The van der Waals surface area contributed by atoms with Crippen molar-refractivity contribution in [2.45, 2.75) is 0 Å². The van der Waals surface area contributed by atoms with Crippen molar-refractivity contribution in [3.8, 4) is 0 Å². The number of amides is 2. The van der Waals surface area contributed by atoms with E-state index in [4.69, 9.17) is 0 Å². The molecule has 0 unspecified atom stereocenters. The highest BCUT2D eigenvalue weighted by atomic mass is 16.2. The highest BCUT2D eigenvalue weighted by molar-refractivity contribution is 6.37. The zero-order valence-corrected chi connectivity index (χ0v) is 15.3. The smallest absolute Gasteiger partial charge is 0.258 e. The van der Waals surface area contributed by atoms with E-state index < -0.39 is 0 Å². The van der Waals surface area contributed by atoms with Gasteiger partial charge in [-0.2, -0.15) is 0 Å². The molecule has 0 spiro atoms. The van der Waals surface area contributed by atoms with Crippen molar-refractivity contribution in [2.24, 2.45) is 0 Å². The predicted molar refractivity (Wildman–Crippen MR) is 112 cm³/mol. The van der Waals surface area contributed by atoms with E-state index in [-0.39, 0.29) is 11.8 Å². The first-order chi connectivity index (χ1) is 13.7. The molecule has 1 heterocycles. The van der Waals surface area contributed by atoms with Crippen LogP contribution in [-0.4, -0.2) is 18.9 Å². The second kappa shape index (κ2) is 7.40. The van der Waals surface area contributed by atoms with Crippen LogP contribution in [0, 0.1) is 0 Å². The molecule has 0 saturated carbocycles. The molecule has 3 aromatic carbocycles. The fourth-order valence-electron chi connectivity index (χ4n) is 3.24. The molecular weight excluding hydrogens is 350 g/mol. The summed E-state index contributed by atoms with van der Waals surface area (Å²) in [5.74, 6) is -0.285. The largest absolute Gasteiger partial charge is 0.355 e. The van der Waals surface area contributed by atoms with Gasteiger partial charge in [0, 0.05) is 29.5 Å². The Morgan fingerprint density at radius 2 is 1.50 bits per heavy atom. The molecule has 138 valence electrons. The number of fused-ring (bicyclic) bond motifs is 1. The first-order valence-electron chi connectivity index (χ1n) is 8.97. The van der Waals surface area contributed by atoms with Crippen molar-refractivity contribution in [1.82, 2.24) is 5.32 Å². The molecule has 1 aliphatic heterocycles. The molecule has 3 N–H and O–H groups in total. The molecule has 2 amide bonds. The molecule has 0 aliphatic carbocycles. The molecule has 28 heavy (non-hydrogen) atoms. The molecule has 0 saturated heterocycles. The summed E-state index contributed by atoms with van der Waals surface area (Å²) in [6, 6.07) is 24.5. The van der Waals surface area contributed by atoms with E-state index in [0.717, 1.165) is 28.2 Å². The zero-order chi connectivity index (χ0) is 19.5. The van der Waals surface area contributed by atoms with Gasteiger partial charge in [-0.25, -0.2) is 0 Å². The minimum absolute atomic E-state index is 0.141. The van der Waals surface area contributed by atoms with E-state index in [1.165, 1.54) is 0 Å². The second-order valence-electron chi connectivity index (χ2n) is 6.40. The van der Waals surface area contributed by atoms with E-state index >= 15 is 0 Å². The quantitative estimate of drug-likeness (QED) is 0.609. The highest BCUT2D eigenvalue weighted by Gasteiger charge is 2.28. The third-order valence-corrected chi connectivity index (χ3v) is 4.63. The fourth-order valence-corrected chi connectivity index (χ4v) is 3.24. The van der Waals surface area contributed by atoms with Crippen LogP contribution >= 0.6 is 0 Å². The molecule has 1 aliphatic rings. The number of rotatable bonds is 4. The summed E-state index contributed by atoms with van der Waals surface area (Å²) in [7, 11) is 1.60. The first-order valence-corrected chi connectivity index (χ1v) is 8.97. The van der Waals surface area contributed by atoms with Crippen molar-refractivity contribution in [3.63, 3.8) is 0 Å². The lowest BCUT2D eigenvalue weighted by molar-refractivity contribution is -0.110. The molecule has 0 radical (unpaired) electrons. The molecule has 0 bridgehead atoms. The van der Waals surface area contributed by atoms with Gasteiger partial charge in [0.1, 0.15) is 0 Å². The Labute approximate surface area is 163 Å². The second-order valence-corrected chi connectivity index (χ2v) is 6.40. The highest BCUT2D eigenvalue weighted by Crippen LogP contribution is 2.37. The number of benzene rings is 3. The van der Waals surface area contributed by atoms with E-state index in [1.54, 1.807) is 19.2 Å². The number of hydrogen-bond donors (Lipinski definition) is 3. The van der Waals surface area contributed by atoms with Gasteiger partial charge < -0.3 is 16.0 Å². The molecule has 0 aromatic heterocycles. The van der Waals surface area contributed by atoms with Gasteiger partial charge >= 0.3 is 0 Å². The average molecular weight is 369 g/mol. The van der Waals surface area contributed by atoms with E-state index in [1.807, 2.05) is 66.7 Å². The maximum Gasteiger partial charge on any atom is 0.258 e. The summed E-state index contributed by atoms with van der Waals surface area (Å²) in [5, 5.41) is 8.91. The van der Waals surface area contributed by atoms with Crippen molar-refractivity contribution < 1.29 is 9.59 Å². The summed E-state index contributed by atoms with van der Waals surface area (Å²) in [6.07, 6.45) is 0. The van der Waals surface area contributed by atoms with Crippen LogP contribution < -0.4 is 16.0 Å². The third kappa shape index (κ3) is 3.25. The molecule has 5 nitrogen and oxygen atoms in total. The van der Waals surface area contributed by atoms with Crippen molar-refractivity contribution in [3.05, 3.63) is 95.6 Å². The van der Waals surface area contributed by atoms with E-state index in [0.29, 0.717) is 11.1 Å². The normalized spacial score (nSPS) is 14.1. The van der Waals surface area contributed by atoms with Gasteiger partial charge in [0.15, 0.2) is 0 Å². The Morgan fingerprint density at radius 3 is 2.21 bits per heavy atom. The van der Waals surface area contributed by atoms with Gasteiger partial charge in [0.25, 0.3) is 11.8 Å². The Morgan fingerprint density at radius 1 is 0.821 bits per heavy atom.